The molecule has 6 heterocycles. The summed E-state index contributed by atoms with van der Waals surface area (Å²) in [6.07, 6.45) is 6.19. The topological polar surface area (TPSA) is 72.9 Å². The molecule has 5 fully saturated rings. The highest BCUT2D eigenvalue weighted by molar-refractivity contribution is 5.77. The highest BCUT2D eigenvalue weighted by atomic mass is 16.3. The van der Waals surface area contributed by atoms with Gasteiger partial charge in [0.15, 0.2) is 0 Å². The third-order valence-electron chi connectivity index (χ3n) is 12.2. The summed E-state index contributed by atoms with van der Waals surface area (Å²) in [5.41, 5.74) is 2.86. The van der Waals surface area contributed by atoms with Gasteiger partial charge in [-0.15, -0.1) is 0 Å². The number of nitrogens with zero attached hydrogens (tertiary/aromatic N) is 8. The third-order valence-corrected chi connectivity index (χ3v) is 12.2. The molecule has 5 aliphatic rings. The fourth-order valence-electron chi connectivity index (χ4n) is 8.72. The van der Waals surface area contributed by atoms with E-state index in [2.05, 4.69) is 84.6 Å². The van der Waals surface area contributed by atoms with E-state index in [0.29, 0.717) is 12.8 Å². The summed E-state index contributed by atoms with van der Waals surface area (Å²) >= 11 is 0. The fourth-order valence-corrected chi connectivity index (χ4v) is 8.72. The van der Waals surface area contributed by atoms with Crippen molar-refractivity contribution in [2.45, 2.75) is 57.6 Å². The molecule has 49 heavy (non-hydrogen) atoms. The molecule has 268 valence electrons. The van der Waals surface area contributed by atoms with Crippen LogP contribution in [0.4, 0.5) is 11.5 Å². The number of carbonyl (C=O) groups excluding carboxylic acids is 1. The van der Waals surface area contributed by atoms with E-state index in [4.69, 9.17) is 0 Å². The van der Waals surface area contributed by atoms with E-state index < -0.39 is 5.60 Å². The van der Waals surface area contributed by atoms with E-state index in [-0.39, 0.29) is 12.3 Å². The summed E-state index contributed by atoms with van der Waals surface area (Å²) in [6.45, 7) is 22.0. The predicted molar refractivity (Wildman–Crippen MR) is 197 cm³/mol. The van der Waals surface area contributed by atoms with E-state index >= 15 is 0 Å². The summed E-state index contributed by atoms with van der Waals surface area (Å²) in [4.78, 5) is 35.1. The van der Waals surface area contributed by atoms with Crippen LogP contribution in [0.5, 0.6) is 0 Å². The van der Waals surface area contributed by atoms with Crippen molar-refractivity contribution >= 4 is 17.4 Å². The van der Waals surface area contributed by atoms with E-state index in [9.17, 15) is 9.90 Å². The molecule has 0 aliphatic carbocycles. The minimum absolute atomic E-state index is 0.116. The second-order valence-electron chi connectivity index (χ2n) is 15.8. The van der Waals surface area contributed by atoms with Gasteiger partial charge in [-0.3, -0.25) is 9.69 Å². The van der Waals surface area contributed by atoms with Gasteiger partial charge in [0.2, 0.25) is 5.91 Å². The Balaban J connectivity index is 0.739. The third kappa shape index (κ3) is 8.95. The molecule has 1 N–H and O–H groups in total. The van der Waals surface area contributed by atoms with Crippen molar-refractivity contribution < 1.29 is 9.90 Å². The first-order valence-corrected chi connectivity index (χ1v) is 19.2. The van der Waals surface area contributed by atoms with Gasteiger partial charge in [-0.05, 0) is 76.4 Å². The first-order chi connectivity index (χ1) is 23.8. The number of aromatic nitrogens is 1. The zero-order valence-corrected chi connectivity index (χ0v) is 30.2. The molecule has 10 nitrogen and oxygen atoms in total. The van der Waals surface area contributed by atoms with Crippen molar-refractivity contribution in [2.75, 3.05) is 121 Å². The molecule has 1 aromatic heterocycles. The number of piperidine rings is 2. The lowest BCUT2D eigenvalue weighted by Gasteiger charge is -2.46. The molecule has 7 rings (SSSR count). The molecule has 0 radical (unpaired) electrons. The maximum atomic E-state index is 13.2. The predicted octanol–water partition coefficient (Wildman–Crippen LogP) is 2.78. The molecule has 2 aromatic rings. The number of pyridine rings is 1. The average Bonchev–Trinajstić information content (AvgIpc) is 3.11. The van der Waals surface area contributed by atoms with Crippen molar-refractivity contribution in [1.29, 1.82) is 0 Å². The van der Waals surface area contributed by atoms with Gasteiger partial charge in [0.05, 0.1) is 12.0 Å². The van der Waals surface area contributed by atoms with Gasteiger partial charge >= 0.3 is 0 Å². The number of aryl methyl sites for hydroxylation is 2. The molecule has 5 aliphatic heterocycles. The summed E-state index contributed by atoms with van der Waals surface area (Å²) in [5.74, 6) is 2.01. The van der Waals surface area contributed by atoms with Crippen LogP contribution < -0.4 is 9.80 Å². The van der Waals surface area contributed by atoms with Crippen LogP contribution in [0.1, 0.15) is 43.2 Å². The number of rotatable bonds is 10. The number of aliphatic hydroxyl groups is 1. The Bertz CT molecular complexity index is 1330. The first-order valence-electron chi connectivity index (χ1n) is 19.2. The van der Waals surface area contributed by atoms with Gasteiger partial charge in [0.25, 0.3) is 0 Å². The van der Waals surface area contributed by atoms with Gasteiger partial charge in [-0.1, -0.05) is 23.8 Å². The minimum Gasteiger partial charge on any atom is -0.389 e. The second kappa shape index (κ2) is 15.6. The Morgan fingerprint density at radius 2 is 1.37 bits per heavy atom. The zero-order chi connectivity index (χ0) is 33.8. The highest BCUT2D eigenvalue weighted by Crippen LogP contribution is 2.28. The van der Waals surface area contributed by atoms with Crippen LogP contribution in [-0.2, 0) is 4.79 Å². The average molecular weight is 673 g/mol. The molecular weight excluding hydrogens is 612 g/mol. The molecule has 0 spiro atoms. The Kier molecular flexibility index (Phi) is 11.1. The van der Waals surface area contributed by atoms with Crippen molar-refractivity contribution in [3.63, 3.8) is 0 Å². The Hall–Kier alpha value is -2.76. The number of piperazine rings is 2. The quantitative estimate of drug-likeness (QED) is 0.411. The van der Waals surface area contributed by atoms with E-state index in [1.54, 1.807) is 0 Å². The summed E-state index contributed by atoms with van der Waals surface area (Å²) < 4.78 is 0. The van der Waals surface area contributed by atoms with Crippen molar-refractivity contribution in [3.05, 3.63) is 53.7 Å². The maximum Gasteiger partial charge on any atom is 0.225 e. The van der Waals surface area contributed by atoms with Gasteiger partial charge in [-0.2, -0.15) is 0 Å². The molecule has 0 saturated carbocycles. The van der Waals surface area contributed by atoms with Crippen LogP contribution in [0.2, 0.25) is 0 Å². The lowest BCUT2D eigenvalue weighted by Crippen LogP contribution is -2.57. The normalized spacial score (nSPS) is 23.9. The summed E-state index contributed by atoms with van der Waals surface area (Å²) in [7, 11) is 0. The molecule has 1 aromatic carbocycles. The molecule has 1 amide bonds. The minimum atomic E-state index is -0.860. The van der Waals surface area contributed by atoms with Gasteiger partial charge < -0.3 is 34.5 Å². The molecular formula is C39H60N8O2. The lowest BCUT2D eigenvalue weighted by molar-refractivity contribution is -0.138. The molecule has 5 saturated heterocycles. The number of benzene rings is 1. The summed E-state index contributed by atoms with van der Waals surface area (Å²) in [5, 5.41) is 11.3. The zero-order valence-electron chi connectivity index (χ0n) is 30.2. The van der Waals surface area contributed by atoms with E-state index in [1.807, 2.05) is 11.1 Å². The number of hydrogen-bond donors (Lipinski definition) is 1. The molecule has 0 atom stereocenters. The maximum absolute atomic E-state index is 13.2. The van der Waals surface area contributed by atoms with Crippen molar-refractivity contribution in [2.24, 2.45) is 5.92 Å². The Morgan fingerprint density at radius 1 is 0.735 bits per heavy atom. The van der Waals surface area contributed by atoms with Crippen LogP contribution in [0.25, 0.3) is 0 Å². The van der Waals surface area contributed by atoms with Gasteiger partial charge in [0, 0.05) is 122 Å². The fraction of sp³-hybridized carbons (Fsp3) is 0.692. The molecule has 0 unspecified atom stereocenters. The van der Waals surface area contributed by atoms with Crippen LogP contribution in [-0.4, -0.2) is 163 Å². The lowest BCUT2D eigenvalue weighted by atomic mass is 9.87. The van der Waals surface area contributed by atoms with Gasteiger partial charge in [-0.25, -0.2) is 4.98 Å². The van der Waals surface area contributed by atoms with Crippen LogP contribution in [0.15, 0.2) is 42.6 Å². The highest BCUT2D eigenvalue weighted by Gasteiger charge is 2.37. The second-order valence-corrected chi connectivity index (χ2v) is 15.8. The SMILES string of the molecule is Cc1ccc(N2CCN(C(=O)CC3(O)CCN(CCN4CCC(N5CCN(CC6CN(c7ccc(C)cn7)C6)CC5)CC4)CC3)CC2)cc1. The van der Waals surface area contributed by atoms with Crippen LogP contribution in [0.3, 0.4) is 0 Å². The molecule has 0 bridgehead atoms. The monoisotopic (exact) mass is 672 g/mol. The standard InChI is InChI=1S/C39H60N8O2/c1-32-3-6-35(7-4-32)45-23-25-46(26-24-45)38(48)27-39(49)11-15-42(16-12-39)18-17-41-13-9-36(10-14-41)44-21-19-43(20-22-44)29-34-30-47(31-34)37-8-5-33(2)28-40-37/h3-8,28,34,36,49H,9-27,29-31H2,1-2H3. The van der Waals surface area contributed by atoms with Crippen molar-refractivity contribution in [3.8, 4) is 0 Å². The molecule has 10 heteroatoms. The number of likely N-dealkylation sites (tertiary alicyclic amines) is 2. The van der Waals surface area contributed by atoms with E-state index in [0.717, 1.165) is 83.2 Å². The number of anilines is 2. The number of hydrogen-bond acceptors (Lipinski definition) is 9. The van der Waals surface area contributed by atoms with Crippen LogP contribution in [0, 0.1) is 19.8 Å². The van der Waals surface area contributed by atoms with Crippen molar-refractivity contribution in [1.82, 2.24) is 29.5 Å². The van der Waals surface area contributed by atoms with Gasteiger partial charge in [0.1, 0.15) is 5.82 Å². The smallest absolute Gasteiger partial charge is 0.225 e. The van der Waals surface area contributed by atoms with Crippen LogP contribution >= 0.6 is 0 Å². The Morgan fingerprint density at radius 3 is 2.00 bits per heavy atom. The van der Waals surface area contributed by atoms with E-state index in [1.165, 1.54) is 75.5 Å². The Labute approximate surface area is 294 Å². The summed E-state index contributed by atoms with van der Waals surface area (Å²) in [6, 6.07) is 13.7. The largest absolute Gasteiger partial charge is 0.389 e. The number of amides is 1. The first kappa shape index (κ1) is 34.7. The number of carbonyl (C=O) groups is 1.